The lowest BCUT2D eigenvalue weighted by atomic mass is 10.2. The first-order valence-corrected chi connectivity index (χ1v) is 5.23. The van der Waals surface area contributed by atoms with Crippen LogP contribution >= 0.6 is 0 Å². The maximum atomic E-state index is 11.4. The van der Waals surface area contributed by atoms with Gasteiger partial charge in [0.2, 0.25) is 0 Å². The molecule has 6 nitrogen and oxygen atoms in total. The number of aliphatic hydroxyl groups excluding tert-OH is 1. The van der Waals surface area contributed by atoms with E-state index < -0.39 is 6.29 Å². The molecule has 3 atom stereocenters. The molecule has 0 bridgehead atoms. The van der Waals surface area contributed by atoms with Gasteiger partial charge in [-0.05, 0) is 6.92 Å². The minimum Gasteiger partial charge on any atom is -0.468 e. The van der Waals surface area contributed by atoms with Gasteiger partial charge in [-0.2, -0.15) is 0 Å². The van der Waals surface area contributed by atoms with Crippen molar-refractivity contribution in [3.05, 3.63) is 0 Å². The van der Waals surface area contributed by atoms with Gasteiger partial charge in [0.1, 0.15) is 6.04 Å². The smallest absolute Gasteiger partial charge is 0.322 e. The topological polar surface area (TPSA) is 68.2 Å². The van der Waals surface area contributed by atoms with Crippen LogP contribution in [-0.2, 0) is 19.0 Å². The summed E-state index contributed by atoms with van der Waals surface area (Å²) in [6.45, 7) is 2.65. The van der Waals surface area contributed by atoms with Crippen molar-refractivity contribution in [1.29, 1.82) is 0 Å². The molecule has 0 aromatic carbocycles. The number of morpholine rings is 1. The molecule has 0 aromatic heterocycles. The summed E-state index contributed by atoms with van der Waals surface area (Å²) < 4.78 is 15.2. The molecule has 0 spiro atoms. The lowest BCUT2D eigenvalue weighted by Gasteiger charge is -2.38. The van der Waals surface area contributed by atoms with Crippen LogP contribution in [0.1, 0.15) is 6.92 Å². The third kappa shape index (κ3) is 3.15. The summed E-state index contributed by atoms with van der Waals surface area (Å²) in [6.07, 6.45) is -0.746. The van der Waals surface area contributed by atoms with Crippen molar-refractivity contribution in [2.75, 3.05) is 33.9 Å². The van der Waals surface area contributed by atoms with Crippen LogP contribution < -0.4 is 0 Å². The van der Waals surface area contributed by atoms with Gasteiger partial charge in [0.25, 0.3) is 0 Å². The lowest BCUT2D eigenvalue weighted by Crippen LogP contribution is -2.54. The van der Waals surface area contributed by atoms with Gasteiger partial charge in [-0.25, -0.2) is 0 Å². The maximum Gasteiger partial charge on any atom is 0.322 e. The van der Waals surface area contributed by atoms with Crippen LogP contribution in [0.4, 0.5) is 0 Å². The second-order valence-electron chi connectivity index (χ2n) is 3.76. The zero-order chi connectivity index (χ0) is 12.1. The Morgan fingerprint density at radius 3 is 2.75 bits per heavy atom. The predicted octanol–water partition coefficient (Wildman–Crippen LogP) is -0.786. The standard InChI is InChI=1S/C10H19NO5/c1-7(10(13)15-3)11-4-8(6-12)16-9(5-11)14-2/h7-9,12H,4-6H2,1-3H3/t7?,8-,9-/m0/s1. The van der Waals surface area contributed by atoms with E-state index in [0.717, 1.165) is 0 Å². The van der Waals surface area contributed by atoms with Crippen LogP contribution in [0.15, 0.2) is 0 Å². The van der Waals surface area contributed by atoms with Gasteiger partial charge >= 0.3 is 5.97 Å². The van der Waals surface area contributed by atoms with Crippen LogP contribution in [0, 0.1) is 0 Å². The fourth-order valence-corrected chi connectivity index (χ4v) is 1.70. The van der Waals surface area contributed by atoms with E-state index in [-0.39, 0.29) is 24.7 Å². The quantitative estimate of drug-likeness (QED) is 0.642. The number of nitrogens with zero attached hydrogens (tertiary/aromatic N) is 1. The Balaban J connectivity index is 2.61. The van der Waals surface area contributed by atoms with E-state index in [1.165, 1.54) is 14.2 Å². The molecule has 1 rings (SSSR count). The Bertz CT molecular complexity index is 223. The van der Waals surface area contributed by atoms with Crippen molar-refractivity contribution in [3.8, 4) is 0 Å². The Morgan fingerprint density at radius 1 is 1.56 bits per heavy atom. The molecule has 1 aliphatic heterocycles. The average molecular weight is 233 g/mol. The molecular weight excluding hydrogens is 214 g/mol. The molecule has 0 saturated carbocycles. The zero-order valence-electron chi connectivity index (χ0n) is 9.88. The fourth-order valence-electron chi connectivity index (χ4n) is 1.70. The van der Waals surface area contributed by atoms with Crippen LogP contribution in [0.25, 0.3) is 0 Å². The summed E-state index contributed by atoms with van der Waals surface area (Å²) in [5.41, 5.74) is 0. The normalized spacial score (nSPS) is 28.8. The van der Waals surface area contributed by atoms with Crippen LogP contribution in [0.3, 0.4) is 0 Å². The number of esters is 1. The molecule has 0 aliphatic carbocycles. The molecule has 1 heterocycles. The third-order valence-corrected chi connectivity index (χ3v) is 2.72. The highest BCUT2D eigenvalue weighted by molar-refractivity contribution is 5.75. The first-order valence-electron chi connectivity index (χ1n) is 5.23. The fraction of sp³-hybridized carbons (Fsp3) is 0.900. The van der Waals surface area contributed by atoms with Gasteiger partial charge in [-0.15, -0.1) is 0 Å². The first kappa shape index (κ1) is 13.4. The highest BCUT2D eigenvalue weighted by Gasteiger charge is 2.32. The summed E-state index contributed by atoms with van der Waals surface area (Å²) in [4.78, 5) is 13.3. The van der Waals surface area contributed by atoms with Gasteiger partial charge in [-0.3, -0.25) is 9.69 Å². The number of aliphatic hydroxyl groups is 1. The monoisotopic (exact) mass is 233 g/mol. The molecule has 1 unspecified atom stereocenters. The van der Waals surface area contributed by atoms with Gasteiger partial charge in [0.05, 0.1) is 26.4 Å². The zero-order valence-corrected chi connectivity index (χ0v) is 9.88. The van der Waals surface area contributed by atoms with E-state index in [4.69, 9.17) is 14.6 Å². The van der Waals surface area contributed by atoms with Crippen LogP contribution in [0.5, 0.6) is 0 Å². The molecule has 0 amide bonds. The second-order valence-corrected chi connectivity index (χ2v) is 3.76. The molecule has 1 aliphatic rings. The van der Waals surface area contributed by atoms with E-state index in [1.54, 1.807) is 6.92 Å². The Labute approximate surface area is 95.1 Å². The van der Waals surface area contributed by atoms with Crippen LogP contribution in [-0.4, -0.2) is 68.3 Å². The van der Waals surface area contributed by atoms with Crippen molar-refractivity contribution >= 4 is 5.97 Å². The number of methoxy groups -OCH3 is 2. The van der Waals surface area contributed by atoms with Gasteiger partial charge in [0.15, 0.2) is 6.29 Å². The number of carbonyl (C=O) groups is 1. The Morgan fingerprint density at radius 2 is 2.25 bits per heavy atom. The van der Waals surface area contributed by atoms with E-state index in [9.17, 15) is 4.79 Å². The summed E-state index contributed by atoms with van der Waals surface area (Å²) in [5, 5.41) is 9.08. The highest BCUT2D eigenvalue weighted by Crippen LogP contribution is 2.15. The SMILES string of the molecule is COC(=O)C(C)N1C[C@@H](CO)O[C@H](OC)C1. The summed E-state index contributed by atoms with van der Waals surface area (Å²) in [5.74, 6) is -0.298. The van der Waals surface area contributed by atoms with Gasteiger partial charge in [0, 0.05) is 13.7 Å². The van der Waals surface area contributed by atoms with E-state index in [1.807, 2.05) is 4.90 Å². The number of ether oxygens (including phenoxy) is 3. The van der Waals surface area contributed by atoms with Gasteiger partial charge < -0.3 is 19.3 Å². The average Bonchev–Trinajstić information content (AvgIpc) is 2.35. The molecule has 0 radical (unpaired) electrons. The predicted molar refractivity (Wildman–Crippen MR) is 55.8 cm³/mol. The van der Waals surface area contributed by atoms with Crippen molar-refractivity contribution < 1.29 is 24.1 Å². The highest BCUT2D eigenvalue weighted by atomic mass is 16.7. The largest absolute Gasteiger partial charge is 0.468 e. The van der Waals surface area contributed by atoms with Crippen molar-refractivity contribution in [3.63, 3.8) is 0 Å². The maximum absolute atomic E-state index is 11.4. The Hall–Kier alpha value is -0.690. The second kappa shape index (κ2) is 6.15. The molecule has 6 heteroatoms. The molecule has 1 saturated heterocycles. The summed E-state index contributed by atoms with van der Waals surface area (Å²) in [6, 6.07) is -0.361. The van der Waals surface area contributed by atoms with E-state index in [2.05, 4.69) is 4.74 Å². The van der Waals surface area contributed by atoms with E-state index in [0.29, 0.717) is 13.1 Å². The van der Waals surface area contributed by atoms with Gasteiger partial charge in [-0.1, -0.05) is 0 Å². The molecular formula is C10H19NO5. The summed E-state index contributed by atoms with van der Waals surface area (Å²) in [7, 11) is 2.89. The molecule has 1 N–H and O–H groups in total. The van der Waals surface area contributed by atoms with Crippen molar-refractivity contribution in [2.24, 2.45) is 0 Å². The molecule has 94 valence electrons. The van der Waals surface area contributed by atoms with Crippen molar-refractivity contribution in [1.82, 2.24) is 4.90 Å². The third-order valence-electron chi connectivity index (χ3n) is 2.72. The minimum atomic E-state index is -0.419. The minimum absolute atomic E-state index is 0.0930. The number of carbonyl (C=O) groups excluding carboxylic acids is 1. The number of rotatable bonds is 4. The number of hydrogen-bond acceptors (Lipinski definition) is 6. The molecule has 1 fully saturated rings. The Kier molecular flexibility index (Phi) is 5.14. The molecule has 16 heavy (non-hydrogen) atoms. The van der Waals surface area contributed by atoms with Crippen LogP contribution in [0.2, 0.25) is 0 Å². The number of hydrogen-bond donors (Lipinski definition) is 1. The summed E-state index contributed by atoms with van der Waals surface area (Å²) >= 11 is 0. The molecule has 0 aromatic rings. The lowest BCUT2D eigenvalue weighted by molar-refractivity contribution is -0.212. The van der Waals surface area contributed by atoms with Crippen molar-refractivity contribution in [2.45, 2.75) is 25.4 Å². The van der Waals surface area contributed by atoms with E-state index >= 15 is 0 Å². The first-order chi connectivity index (χ1) is 7.62.